The number of rotatable bonds is 7. The van der Waals surface area contributed by atoms with Crippen molar-refractivity contribution >= 4 is 23.3 Å². The number of nitrogens with one attached hydrogen (secondary N) is 1. The van der Waals surface area contributed by atoms with Gasteiger partial charge in [-0.3, -0.25) is 14.6 Å². The van der Waals surface area contributed by atoms with Crippen molar-refractivity contribution in [1.82, 2.24) is 0 Å². The molecule has 0 aliphatic carbocycles. The third-order valence-electron chi connectivity index (χ3n) is 7.11. The van der Waals surface area contributed by atoms with E-state index < -0.39 is 5.97 Å². The van der Waals surface area contributed by atoms with E-state index in [9.17, 15) is 9.59 Å². The predicted molar refractivity (Wildman–Crippen MR) is 152 cm³/mol. The fourth-order valence-corrected chi connectivity index (χ4v) is 5.47. The minimum Gasteiger partial charge on any atom is -0.493 e. The SMILES string of the molecule is COc1cc2c(c3c1OC(C)(C)C3)C(c1cccc(-c3ccc(NC(=O)CCC(=O)O)cc3)c1)=NC(C)(C)C2. The lowest BCUT2D eigenvalue weighted by Crippen LogP contribution is -2.30. The van der Waals surface area contributed by atoms with Gasteiger partial charge in [0, 0.05) is 35.2 Å². The van der Waals surface area contributed by atoms with Gasteiger partial charge in [-0.1, -0.05) is 30.3 Å². The van der Waals surface area contributed by atoms with E-state index in [1.54, 1.807) is 7.11 Å². The normalized spacial score (nSPS) is 16.4. The van der Waals surface area contributed by atoms with Crippen molar-refractivity contribution in [1.29, 1.82) is 0 Å². The molecule has 0 radical (unpaired) electrons. The van der Waals surface area contributed by atoms with Crippen LogP contribution < -0.4 is 14.8 Å². The molecule has 0 bridgehead atoms. The summed E-state index contributed by atoms with van der Waals surface area (Å²) in [4.78, 5) is 28.0. The summed E-state index contributed by atoms with van der Waals surface area (Å²) in [6.07, 6.45) is 1.34. The maximum Gasteiger partial charge on any atom is 0.303 e. The van der Waals surface area contributed by atoms with Gasteiger partial charge in [-0.2, -0.15) is 0 Å². The number of aliphatic imine (C=N–C) groups is 1. The minimum atomic E-state index is -0.991. The van der Waals surface area contributed by atoms with Crippen LogP contribution in [-0.4, -0.2) is 40.9 Å². The smallest absolute Gasteiger partial charge is 0.303 e. The summed E-state index contributed by atoms with van der Waals surface area (Å²) in [7, 11) is 1.69. The fourth-order valence-electron chi connectivity index (χ4n) is 5.47. The number of carboxylic acids is 1. The van der Waals surface area contributed by atoms with Gasteiger partial charge in [0.15, 0.2) is 11.5 Å². The second kappa shape index (κ2) is 9.88. The number of carboxylic acid groups (broad SMARTS) is 1. The highest BCUT2D eigenvalue weighted by Crippen LogP contribution is 2.48. The van der Waals surface area contributed by atoms with Crippen LogP contribution >= 0.6 is 0 Å². The Morgan fingerprint density at radius 2 is 1.69 bits per heavy atom. The molecule has 0 saturated heterocycles. The molecule has 202 valence electrons. The molecular formula is C32H34N2O5. The average molecular weight is 527 g/mol. The average Bonchev–Trinajstić information content (AvgIpc) is 3.21. The molecule has 3 aromatic carbocycles. The highest BCUT2D eigenvalue weighted by molar-refractivity contribution is 6.16. The molecule has 2 aliphatic heterocycles. The number of hydrogen-bond donors (Lipinski definition) is 2. The van der Waals surface area contributed by atoms with Crippen LogP contribution in [0.5, 0.6) is 11.5 Å². The molecule has 1 amide bonds. The largest absolute Gasteiger partial charge is 0.493 e. The second-order valence-electron chi connectivity index (χ2n) is 11.5. The minimum absolute atomic E-state index is 0.0587. The first kappa shape index (κ1) is 26.5. The number of ether oxygens (including phenoxy) is 2. The Labute approximate surface area is 228 Å². The van der Waals surface area contributed by atoms with Gasteiger partial charge in [-0.05, 0) is 75.1 Å². The van der Waals surface area contributed by atoms with E-state index >= 15 is 0 Å². The van der Waals surface area contributed by atoms with E-state index in [4.69, 9.17) is 19.6 Å². The van der Waals surface area contributed by atoms with Gasteiger partial charge in [-0.15, -0.1) is 0 Å². The number of hydrogen-bond acceptors (Lipinski definition) is 5. The molecule has 0 spiro atoms. The number of fused-ring (bicyclic) bond motifs is 3. The van der Waals surface area contributed by atoms with E-state index in [0.29, 0.717) is 5.69 Å². The molecule has 0 atom stereocenters. The van der Waals surface area contributed by atoms with Crippen molar-refractivity contribution in [3.8, 4) is 22.6 Å². The summed E-state index contributed by atoms with van der Waals surface area (Å²) < 4.78 is 12.1. The van der Waals surface area contributed by atoms with Gasteiger partial charge >= 0.3 is 5.97 Å². The van der Waals surface area contributed by atoms with E-state index in [1.165, 1.54) is 5.56 Å². The van der Waals surface area contributed by atoms with Gasteiger partial charge in [0.1, 0.15) is 5.60 Å². The van der Waals surface area contributed by atoms with Crippen LogP contribution in [0.2, 0.25) is 0 Å². The first-order valence-corrected chi connectivity index (χ1v) is 13.2. The molecule has 0 aromatic heterocycles. The van der Waals surface area contributed by atoms with Crippen LogP contribution in [0.1, 0.15) is 62.8 Å². The zero-order chi connectivity index (χ0) is 27.9. The number of carbonyl (C=O) groups excluding carboxylic acids is 1. The van der Waals surface area contributed by atoms with E-state index in [-0.39, 0.29) is 29.9 Å². The molecule has 39 heavy (non-hydrogen) atoms. The molecule has 2 N–H and O–H groups in total. The van der Waals surface area contributed by atoms with E-state index in [2.05, 4.69) is 57.3 Å². The number of aliphatic carboxylic acids is 1. The Kier molecular flexibility index (Phi) is 6.70. The van der Waals surface area contributed by atoms with Crippen molar-refractivity contribution in [2.24, 2.45) is 4.99 Å². The number of methoxy groups -OCH3 is 1. The van der Waals surface area contributed by atoms with Crippen molar-refractivity contribution in [3.05, 3.63) is 76.9 Å². The molecular weight excluding hydrogens is 492 g/mol. The highest BCUT2D eigenvalue weighted by Gasteiger charge is 2.39. The van der Waals surface area contributed by atoms with Crippen LogP contribution in [0.3, 0.4) is 0 Å². The Morgan fingerprint density at radius 3 is 2.38 bits per heavy atom. The predicted octanol–water partition coefficient (Wildman–Crippen LogP) is 6.05. The maximum absolute atomic E-state index is 12.0. The van der Waals surface area contributed by atoms with Crippen LogP contribution in [0, 0.1) is 0 Å². The standard InChI is InChI=1S/C32H34N2O5/c1-31(2)17-22-16-25(38-5)30-24(18-32(3,4)39-30)28(22)29(34-31)21-8-6-7-20(15-21)19-9-11-23(12-10-19)33-26(35)13-14-27(36)37/h6-12,15-16H,13-14,17-18H2,1-5H3,(H,33,35)(H,36,37). The molecule has 0 fully saturated rings. The summed E-state index contributed by atoms with van der Waals surface area (Å²) in [5.41, 5.74) is 7.58. The first-order chi connectivity index (χ1) is 18.4. The van der Waals surface area contributed by atoms with Crippen LogP contribution in [-0.2, 0) is 22.4 Å². The lowest BCUT2D eigenvalue weighted by atomic mass is 9.80. The molecule has 0 unspecified atom stereocenters. The zero-order valence-corrected chi connectivity index (χ0v) is 23.1. The van der Waals surface area contributed by atoms with Gasteiger partial charge in [0.2, 0.25) is 5.91 Å². The van der Waals surface area contributed by atoms with Crippen LogP contribution in [0.25, 0.3) is 11.1 Å². The quantitative estimate of drug-likeness (QED) is 0.391. The van der Waals surface area contributed by atoms with Gasteiger partial charge in [0.05, 0.1) is 24.8 Å². The Balaban J connectivity index is 1.49. The monoisotopic (exact) mass is 526 g/mol. The fraction of sp³-hybridized carbons (Fsp3) is 0.344. The lowest BCUT2D eigenvalue weighted by molar-refractivity contribution is -0.138. The van der Waals surface area contributed by atoms with E-state index in [1.807, 2.05) is 30.3 Å². The number of carbonyl (C=O) groups is 2. The van der Waals surface area contributed by atoms with Crippen molar-refractivity contribution in [2.45, 2.75) is 64.5 Å². The Morgan fingerprint density at radius 1 is 0.974 bits per heavy atom. The molecule has 0 saturated carbocycles. The zero-order valence-electron chi connectivity index (χ0n) is 23.1. The number of amides is 1. The summed E-state index contributed by atoms with van der Waals surface area (Å²) in [5.74, 6) is 0.274. The van der Waals surface area contributed by atoms with Crippen molar-refractivity contribution < 1.29 is 24.2 Å². The highest BCUT2D eigenvalue weighted by atomic mass is 16.5. The Bertz CT molecular complexity index is 1490. The second-order valence-corrected chi connectivity index (χ2v) is 11.5. The van der Waals surface area contributed by atoms with Crippen molar-refractivity contribution in [3.63, 3.8) is 0 Å². The Hall–Kier alpha value is -4.13. The third-order valence-corrected chi connectivity index (χ3v) is 7.11. The maximum atomic E-state index is 12.0. The summed E-state index contributed by atoms with van der Waals surface area (Å²) in [6.45, 7) is 8.51. The van der Waals surface area contributed by atoms with Crippen LogP contribution in [0.4, 0.5) is 5.69 Å². The number of benzene rings is 3. The molecule has 2 aliphatic rings. The summed E-state index contributed by atoms with van der Waals surface area (Å²) in [5, 5.41) is 11.5. The van der Waals surface area contributed by atoms with E-state index in [0.717, 1.165) is 57.9 Å². The molecule has 3 aromatic rings. The molecule has 5 rings (SSSR count). The first-order valence-electron chi connectivity index (χ1n) is 13.2. The molecule has 2 heterocycles. The van der Waals surface area contributed by atoms with Gasteiger partial charge in [-0.25, -0.2) is 0 Å². The number of nitrogens with zero attached hydrogens (tertiary/aromatic N) is 1. The molecule has 7 heteroatoms. The molecule has 7 nitrogen and oxygen atoms in total. The topological polar surface area (TPSA) is 97.2 Å². The van der Waals surface area contributed by atoms with Crippen molar-refractivity contribution in [2.75, 3.05) is 12.4 Å². The van der Waals surface area contributed by atoms with Gasteiger partial charge < -0.3 is 19.9 Å². The lowest BCUT2D eigenvalue weighted by Gasteiger charge is -2.31. The summed E-state index contributed by atoms with van der Waals surface area (Å²) in [6, 6.07) is 18.0. The number of anilines is 1. The third kappa shape index (κ3) is 5.53. The van der Waals surface area contributed by atoms with Gasteiger partial charge in [0.25, 0.3) is 0 Å². The summed E-state index contributed by atoms with van der Waals surface area (Å²) >= 11 is 0. The van der Waals surface area contributed by atoms with Crippen LogP contribution in [0.15, 0.2) is 59.6 Å².